The lowest BCUT2D eigenvalue weighted by Gasteiger charge is -2.06. The van der Waals surface area contributed by atoms with E-state index in [1.54, 1.807) is 7.11 Å². The summed E-state index contributed by atoms with van der Waals surface area (Å²) in [6.45, 7) is 3.66. The Labute approximate surface area is 92.2 Å². The van der Waals surface area contributed by atoms with E-state index in [4.69, 9.17) is 9.47 Å². The number of sulfonamides is 1. The van der Waals surface area contributed by atoms with Gasteiger partial charge in [-0.25, -0.2) is 13.1 Å². The molecular formula is C9H21NO4S. The minimum absolute atomic E-state index is 0.0143. The predicted octanol–water partition coefficient (Wildman–Crippen LogP) is 0.369. The SMILES string of the molecule is CCCCNS(=O)(=O)CCOCCOC. The fraction of sp³-hybridized carbons (Fsp3) is 1.00. The second kappa shape index (κ2) is 9.08. The number of ether oxygens (including phenoxy) is 2. The summed E-state index contributed by atoms with van der Waals surface area (Å²) in [7, 11) is -1.58. The summed E-state index contributed by atoms with van der Waals surface area (Å²) in [5, 5.41) is 0. The van der Waals surface area contributed by atoms with Crippen LogP contribution >= 0.6 is 0 Å². The highest BCUT2D eigenvalue weighted by atomic mass is 32.2. The van der Waals surface area contributed by atoms with Crippen molar-refractivity contribution in [1.29, 1.82) is 0 Å². The molecule has 0 radical (unpaired) electrons. The van der Waals surface area contributed by atoms with Gasteiger partial charge in [-0.2, -0.15) is 0 Å². The molecule has 5 nitrogen and oxygen atoms in total. The van der Waals surface area contributed by atoms with E-state index in [2.05, 4.69) is 4.72 Å². The van der Waals surface area contributed by atoms with Gasteiger partial charge in [0, 0.05) is 13.7 Å². The molecule has 0 aliphatic heterocycles. The standard InChI is InChI=1S/C9H21NO4S/c1-3-4-5-10-15(11,12)9-8-14-7-6-13-2/h10H,3-9H2,1-2H3. The summed E-state index contributed by atoms with van der Waals surface area (Å²) in [5.41, 5.74) is 0. The predicted molar refractivity (Wildman–Crippen MR) is 59.4 cm³/mol. The number of nitrogens with one attached hydrogen (secondary N) is 1. The summed E-state index contributed by atoms with van der Waals surface area (Å²) in [6, 6.07) is 0. The normalized spacial score (nSPS) is 11.9. The van der Waals surface area contributed by atoms with Gasteiger partial charge >= 0.3 is 0 Å². The Balaban J connectivity index is 3.47. The zero-order valence-corrected chi connectivity index (χ0v) is 10.3. The van der Waals surface area contributed by atoms with E-state index in [9.17, 15) is 8.42 Å². The monoisotopic (exact) mass is 239 g/mol. The van der Waals surface area contributed by atoms with Crippen LogP contribution in [-0.2, 0) is 19.5 Å². The van der Waals surface area contributed by atoms with Crippen molar-refractivity contribution in [2.45, 2.75) is 19.8 Å². The topological polar surface area (TPSA) is 64.6 Å². The molecule has 15 heavy (non-hydrogen) atoms. The molecule has 0 unspecified atom stereocenters. The molecule has 0 rings (SSSR count). The van der Waals surface area contributed by atoms with Crippen molar-refractivity contribution in [3.8, 4) is 0 Å². The van der Waals surface area contributed by atoms with Gasteiger partial charge in [0.05, 0.1) is 25.6 Å². The van der Waals surface area contributed by atoms with Crippen molar-refractivity contribution in [2.24, 2.45) is 0 Å². The van der Waals surface area contributed by atoms with Crippen LogP contribution in [0.2, 0.25) is 0 Å². The molecule has 1 N–H and O–H groups in total. The molecular weight excluding hydrogens is 218 g/mol. The van der Waals surface area contributed by atoms with Crippen molar-refractivity contribution in [3.63, 3.8) is 0 Å². The van der Waals surface area contributed by atoms with Gasteiger partial charge in [0.1, 0.15) is 0 Å². The number of unbranched alkanes of at least 4 members (excludes halogenated alkanes) is 1. The molecule has 0 saturated carbocycles. The third kappa shape index (κ3) is 10.1. The Morgan fingerprint density at radius 2 is 1.93 bits per heavy atom. The third-order valence-corrected chi connectivity index (χ3v) is 3.13. The maximum atomic E-state index is 11.3. The first-order valence-electron chi connectivity index (χ1n) is 5.16. The highest BCUT2D eigenvalue weighted by Crippen LogP contribution is 1.89. The van der Waals surface area contributed by atoms with Crippen LogP contribution in [0, 0.1) is 0 Å². The van der Waals surface area contributed by atoms with Crippen molar-refractivity contribution < 1.29 is 17.9 Å². The average Bonchev–Trinajstić information content (AvgIpc) is 2.17. The Morgan fingerprint density at radius 3 is 2.53 bits per heavy atom. The molecule has 0 amide bonds. The summed E-state index contributed by atoms with van der Waals surface area (Å²) in [6.07, 6.45) is 1.84. The molecule has 0 fully saturated rings. The highest BCUT2D eigenvalue weighted by Gasteiger charge is 2.08. The third-order valence-electron chi connectivity index (χ3n) is 1.78. The Morgan fingerprint density at radius 1 is 1.20 bits per heavy atom. The van der Waals surface area contributed by atoms with Crippen LogP contribution in [0.5, 0.6) is 0 Å². The fourth-order valence-electron chi connectivity index (χ4n) is 0.890. The number of methoxy groups -OCH3 is 1. The summed E-state index contributed by atoms with van der Waals surface area (Å²) in [4.78, 5) is 0. The lowest BCUT2D eigenvalue weighted by molar-refractivity contribution is 0.0784. The van der Waals surface area contributed by atoms with Crippen LogP contribution in [0.25, 0.3) is 0 Å². The van der Waals surface area contributed by atoms with Gasteiger partial charge in [-0.3, -0.25) is 0 Å². The van der Waals surface area contributed by atoms with Crippen LogP contribution in [0.15, 0.2) is 0 Å². The van der Waals surface area contributed by atoms with Gasteiger partial charge in [-0.1, -0.05) is 13.3 Å². The zero-order valence-electron chi connectivity index (χ0n) is 9.49. The molecule has 0 spiro atoms. The van der Waals surface area contributed by atoms with Gasteiger partial charge in [-0.05, 0) is 6.42 Å². The molecule has 0 heterocycles. The van der Waals surface area contributed by atoms with E-state index < -0.39 is 10.0 Å². The minimum Gasteiger partial charge on any atom is -0.382 e. The van der Waals surface area contributed by atoms with Gasteiger partial charge in [0.2, 0.25) is 10.0 Å². The van der Waals surface area contributed by atoms with Gasteiger partial charge < -0.3 is 9.47 Å². The van der Waals surface area contributed by atoms with E-state index in [1.807, 2.05) is 6.92 Å². The largest absolute Gasteiger partial charge is 0.382 e. The van der Waals surface area contributed by atoms with Gasteiger partial charge in [-0.15, -0.1) is 0 Å². The second-order valence-corrected chi connectivity index (χ2v) is 5.10. The summed E-state index contributed by atoms with van der Waals surface area (Å²) in [5.74, 6) is 0.0143. The first kappa shape index (κ1) is 14.8. The molecule has 0 aromatic heterocycles. The lowest BCUT2D eigenvalue weighted by Crippen LogP contribution is -2.29. The van der Waals surface area contributed by atoms with Crippen LogP contribution in [-0.4, -0.2) is 47.6 Å². The molecule has 0 aliphatic carbocycles. The van der Waals surface area contributed by atoms with Crippen molar-refractivity contribution in [3.05, 3.63) is 0 Å². The van der Waals surface area contributed by atoms with E-state index in [-0.39, 0.29) is 12.4 Å². The lowest BCUT2D eigenvalue weighted by atomic mass is 10.3. The minimum atomic E-state index is -3.16. The molecule has 0 saturated heterocycles. The van der Waals surface area contributed by atoms with Crippen LogP contribution in [0.1, 0.15) is 19.8 Å². The van der Waals surface area contributed by atoms with E-state index in [0.717, 1.165) is 12.8 Å². The highest BCUT2D eigenvalue weighted by molar-refractivity contribution is 7.89. The Bertz CT molecular complexity index is 228. The zero-order chi connectivity index (χ0) is 11.6. The number of hydrogen-bond donors (Lipinski definition) is 1. The number of rotatable bonds is 10. The first-order valence-corrected chi connectivity index (χ1v) is 6.81. The van der Waals surface area contributed by atoms with Crippen molar-refractivity contribution in [1.82, 2.24) is 4.72 Å². The Kier molecular flexibility index (Phi) is 8.98. The molecule has 0 aromatic carbocycles. The molecule has 0 bridgehead atoms. The van der Waals surface area contributed by atoms with Crippen molar-refractivity contribution >= 4 is 10.0 Å². The molecule has 0 aliphatic rings. The van der Waals surface area contributed by atoms with Crippen molar-refractivity contribution in [2.75, 3.05) is 39.2 Å². The molecule has 92 valence electrons. The molecule has 0 aromatic rings. The maximum Gasteiger partial charge on any atom is 0.213 e. The van der Waals surface area contributed by atoms with Crippen LogP contribution < -0.4 is 4.72 Å². The van der Waals surface area contributed by atoms with Gasteiger partial charge in [0.25, 0.3) is 0 Å². The summed E-state index contributed by atoms with van der Waals surface area (Å²) >= 11 is 0. The van der Waals surface area contributed by atoms with Crippen LogP contribution in [0.3, 0.4) is 0 Å². The van der Waals surface area contributed by atoms with E-state index in [0.29, 0.717) is 19.8 Å². The summed E-state index contributed by atoms with van der Waals surface area (Å²) < 4.78 is 35.0. The second-order valence-electron chi connectivity index (χ2n) is 3.17. The molecule has 0 atom stereocenters. The van der Waals surface area contributed by atoms with E-state index >= 15 is 0 Å². The fourth-order valence-corrected chi connectivity index (χ4v) is 1.83. The van der Waals surface area contributed by atoms with E-state index in [1.165, 1.54) is 0 Å². The number of hydrogen-bond acceptors (Lipinski definition) is 4. The Hall–Kier alpha value is -0.170. The first-order chi connectivity index (χ1) is 7.12. The quantitative estimate of drug-likeness (QED) is 0.559. The smallest absolute Gasteiger partial charge is 0.213 e. The van der Waals surface area contributed by atoms with Crippen LogP contribution in [0.4, 0.5) is 0 Å². The average molecular weight is 239 g/mol. The molecule has 6 heteroatoms. The van der Waals surface area contributed by atoms with Gasteiger partial charge in [0.15, 0.2) is 0 Å². The maximum absolute atomic E-state index is 11.3.